The number of aliphatic hydroxyl groups is 1. The Labute approximate surface area is 607 Å². The molecule has 588 valence electrons. The summed E-state index contributed by atoms with van der Waals surface area (Å²) in [7, 11) is -9.92. The first-order chi connectivity index (χ1) is 47.6. The Kier molecular flexibility index (Phi) is 67.8. The van der Waals surface area contributed by atoms with E-state index in [2.05, 4.69) is 55.4 Å². The highest BCUT2D eigenvalue weighted by atomic mass is 31.2. The molecule has 6 atom stereocenters. The van der Waals surface area contributed by atoms with Gasteiger partial charge in [0.25, 0.3) is 0 Å². The average Bonchev–Trinajstić information content (AvgIpc) is 1.05. The lowest BCUT2D eigenvalue weighted by atomic mass is 9.99. The van der Waals surface area contributed by atoms with Crippen LogP contribution in [0, 0.1) is 23.7 Å². The lowest BCUT2D eigenvalue weighted by molar-refractivity contribution is -0.161. The van der Waals surface area contributed by atoms with Gasteiger partial charge in [-0.25, -0.2) is 9.13 Å². The number of rotatable bonds is 77. The molecule has 19 heteroatoms. The SMILES string of the molecule is CCC(C)CCCCCCCCCCC(=O)O[C@H](COC(=O)CCCCCCCCC(C)C)COP(=O)(O)OC[C@H](O)COP(=O)(O)OC[C@@H](COC(=O)CCCCCCCCCCCCCCCCCCCCC(C)C)OC(=O)CCCCCCCCCCCCCCCCC(C)C. The van der Waals surface area contributed by atoms with E-state index in [9.17, 15) is 43.2 Å². The predicted molar refractivity (Wildman–Crippen MR) is 404 cm³/mol. The fourth-order valence-corrected chi connectivity index (χ4v) is 13.8. The summed E-state index contributed by atoms with van der Waals surface area (Å²) in [6.07, 6.45) is 55.7. The van der Waals surface area contributed by atoms with Crippen LogP contribution in [0.1, 0.15) is 409 Å². The van der Waals surface area contributed by atoms with Crippen molar-refractivity contribution in [2.75, 3.05) is 39.6 Å². The Hall–Kier alpha value is -1.94. The molecule has 0 aliphatic rings. The van der Waals surface area contributed by atoms with Gasteiger partial charge in [-0.1, -0.05) is 357 Å². The van der Waals surface area contributed by atoms with Crippen molar-refractivity contribution in [1.29, 1.82) is 0 Å². The second-order valence-electron chi connectivity index (χ2n) is 30.5. The number of aliphatic hydroxyl groups excluding tert-OH is 1. The monoisotopic (exact) mass is 1450 g/mol. The van der Waals surface area contributed by atoms with Crippen LogP contribution in [-0.2, 0) is 65.4 Å². The third kappa shape index (κ3) is 72.8. The van der Waals surface area contributed by atoms with E-state index in [1.54, 1.807) is 0 Å². The number of unbranched alkanes of at least 4 members (excludes halogenated alkanes) is 42. The van der Waals surface area contributed by atoms with Gasteiger partial charge in [-0.2, -0.15) is 0 Å². The maximum absolute atomic E-state index is 13.1. The van der Waals surface area contributed by atoms with Crippen molar-refractivity contribution in [3.8, 4) is 0 Å². The first-order valence-corrected chi connectivity index (χ1v) is 44.2. The van der Waals surface area contributed by atoms with Crippen LogP contribution in [0.2, 0.25) is 0 Å². The van der Waals surface area contributed by atoms with Crippen LogP contribution in [0.5, 0.6) is 0 Å². The van der Waals surface area contributed by atoms with Crippen molar-refractivity contribution < 1.29 is 80.2 Å². The molecule has 0 aliphatic carbocycles. The molecule has 0 spiro atoms. The number of esters is 4. The summed E-state index contributed by atoms with van der Waals surface area (Å²) in [5.41, 5.74) is 0. The molecule has 0 saturated carbocycles. The number of phosphoric acid groups is 2. The number of ether oxygens (including phenoxy) is 4. The summed E-state index contributed by atoms with van der Waals surface area (Å²) >= 11 is 0. The first kappa shape index (κ1) is 97.1. The highest BCUT2D eigenvalue weighted by Gasteiger charge is 2.30. The molecule has 0 saturated heterocycles. The Bertz CT molecular complexity index is 1940. The fourth-order valence-electron chi connectivity index (χ4n) is 12.2. The Morgan fingerprint density at radius 3 is 0.717 bits per heavy atom. The van der Waals surface area contributed by atoms with Crippen molar-refractivity contribution in [3.05, 3.63) is 0 Å². The summed E-state index contributed by atoms with van der Waals surface area (Å²) in [4.78, 5) is 72.9. The molecule has 3 N–H and O–H groups in total. The van der Waals surface area contributed by atoms with Crippen molar-refractivity contribution in [3.63, 3.8) is 0 Å². The van der Waals surface area contributed by atoms with Crippen molar-refractivity contribution in [1.82, 2.24) is 0 Å². The molecular formula is C80H156O17P2. The molecule has 0 bridgehead atoms. The second-order valence-corrected chi connectivity index (χ2v) is 33.4. The maximum atomic E-state index is 13.1. The Morgan fingerprint density at radius 2 is 0.485 bits per heavy atom. The number of phosphoric ester groups is 2. The molecule has 0 radical (unpaired) electrons. The molecule has 0 aliphatic heterocycles. The Morgan fingerprint density at radius 1 is 0.283 bits per heavy atom. The first-order valence-electron chi connectivity index (χ1n) is 41.2. The highest BCUT2D eigenvalue weighted by molar-refractivity contribution is 7.47. The molecule has 0 amide bonds. The molecule has 0 rings (SSSR count). The third-order valence-electron chi connectivity index (χ3n) is 18.9. The van der Waals surface area contributed by atoms with Crippen molar-refractivity contribution >= 4 is 39.5 Å². The van der Waals surface area contributed by atoms with Crippen LogP contribution in [0.25, 0.3) is 0 Å². The van der Waals surface area contributed by atoms with Crippen LogP contribution in [-0.4, -0.2) is 96.7 Å². The number of hydrogen-bond acceptors (Lipinski definition) is 15. The van der Waals surface area contributed by atoms with Gasteiger partial charge in [-0.15, -0.1) is 0 Å². The molecule has 3 unspecified atom stereocenters. The van der Waals surface area contributed by atoms with Gasteiger partial charge in [0.05, 0.1) is 26.4 Å². The molecule has 99 heavy (non-hydrogen) atoms. The summed E-state index contributed by atoms with van der Waals surface area (Å²) in [6.45, 7) is 14.2. The van der Waals surface area contributed by atoms with Gasteiger partial charge in [-0.3, -0.25) is 37.3 Å². The number of carbonyl (C=O) groups is 4. The standard InChI is InChI=1S/C80H156O17P2/c1-9-73(8)59-51-43-34-30-31-37-47-55-63-80(85)97-76(67-91-78(83)61-53-45-39-38-42-50-58-72(6)7)69-95-99(88,89)93-65-74(81)64-92-98(86,87)94-68-75(96-79(84)62-54-46-36-29-25-21-17-16-19-23-27-33-41-49-57-71(4)5)66-90-77(82)60-52-44-35-28-24-20-15-13-11-10-12-14-18-22-26-32-40-48-56-70(2)3/h70-76,81H,9-69H2,1-8H3,(H,86,87)(H,88,89)/t73?,74-,75-,76-/m1/s1. The van der Waals surface area contributed by atoms with Gasteiger partial charge in [0, 0.05) is 25.7 Å². The zero-order chi connectivity index (χ0) is 73.1. The highest BCUT2D eigenvalue weighted by Crippen LogP contribution is 2.45. The molecule has 0 heterocycles. The van der Waals surface area contributed by atoms with E-state index < -0.39 is 97.5 Å². The molecule has 0 aromatic carbocycles. The molecule has 0 aromatic heterocycles. The normalized spacial score (nSPS) is 14.3. The Balaban J connectivity index is 5.20. The van der Waals surface area contributed by atoms with E-state index in [0.717, 1.165) is 114 Å². The molecule has 0 aromatic rings. The van der Waals surface area contributed by atoms with Crippen LogP contribution in [0.4, 0.5) is 0 Å². The summed E-state index contributed by atoms with van der Waals surface area (Å²) < 4.78 is 68.6. The fraction of sp³-hybridized carbons (Fsp3) is 0.950. The topological polar surface area (TPSA) is 237 Å². The van der Waals surface area contributed by atoms with E-state index >= 15 is 0 Å². The minimum absolute atomic E-state index is 0.104. The maximum Gasteiger partial charge on any atom is 0.472 e. The van der Waals surface area contributed by atoms with E-state index in [1.807, 2.05) is 0 Å². The largest absolute Gasteiger partial charge is 0.472 e. The van der Waals surface area contributed by atoms with Gasteiger partial charge >= 0.3 is 39.5 Å². The van der Waals surface area contributed by atoms with Crippen molar-refractivity contribution in [2.24, 2.45) is 23.7 Å². The smallest absolute Gasteiger partial charge is 0.462 e. The predicted octanol–water partition coefficient (Wildman–Crippen LogP) is 23.6. The lowest BCUT2D eigenvalue weighted by Gasteiger charge is -2.21. The van der Waals surface area contributed by atoms with Crippen LogP contribution in [0.3, 0.4) is 0 Å². The van der Waals surface area contributed by atoms with Crippen LogP contribution in [0.15, 0.2) is 0 Å². The van der Waals surface area contributed by atoms with E-state index in [4.69, 9.17) is 37.0 Å². The van der Waals surface area contributed by atoms with Gasteiger partial charge in [0.15, 0.2) is 12.2 Å². The van der Waals surface area contributed by atoms with E-state index in [0.29, 0.717) is 31.6 Å². The molecule has 0 fully saturated rings. The number of carbonyl (C=O) groups excluding carboxylic acids is 4. The zero-order valence-electron chi connectivity index (χ0n) is 65.1. The summed E-state index contributed by atoms with van der Waals surface area (Å²) in [5, 5.41) is 10.6. The summed E-state index contributed by atoms with van der Waals surface area (Å²) in [6, 6.07) is 0. The van der Waals surface area contributed by atoms with E-state index in [1.165, 1.54) is 205 Å². The second kappa shape index (κ2) is 69.1. The zero-order valence-corrected chi connectivity index (χ0v) is 66.9. The quantitative estimate of drug-likeness (QED) is 0.0222. The van der Waals surface area contributed by atoms with Gasteiger partial charge in [0.2, 0.25) is 0 Å². The minimum atomic E-state index is -4.96. The summed E-state index contributed by atoms with van der Waals surface area (Å²) in [5.74, 6) is 0.948. The minimum Gasteiger partial charge on any atom is -0.462 e. The van der Waals surface area contributed by atoms with Crippen LogP contribution < -0.4 is 0 Å². The molecule has 17 nitrogen and oxygen atoms in total. The third-order valence-corrected chi connectivity index (χ3v) is 20.8. The lowest BCUT2D eigenvalue weighted by Crippen LogP contribution is -2.30. The van der Waals surface area contributed by atoms with Crippen molar-refractivity contribution in [2.45, 2.75) is 427 Å². The average molecular weight is 1450 g/mol. The van der Waals surface area contributed by atoms with E-state index in [-0.39, 0.29) is 25.7 Å². The number of hydrogen-bond donors (Lipinski definition) is 3. The van der Waals surface area contributed by atoms with Crippen LogP contribution >= 0.6 is 15.6 Å². The van der Waals surface area contributed by atoms with Gasteiger partial charge in [0.1, 0.15) is 19.3 Å². The van der Waals surface area contributed by atoms with Gasteiger partial charge in [-0.05, 0) is 49.4 Å². The molecular weight excluding hydrogens is 1290 g/mol. The van der Waals surface area contributed by atoms with Gasteiger partial charge < -0.3 is 33.8 Å².